The molecule has 0 spiro atoms. The molecule has 1 aliphatic heterocycles. The van der Waals surface area contributed by atoms with E-state index in [2.05, 4.69) is 0 Å². The van der Waals surface area contributed by atoms with Crippen molar-refractivity contribution in [1.29, 1.82) is 5.26 Å². The predicted octanol–water partition coefficient (Wildman–Crippen LogP) is 2.64. The highest BCUT2D eigenvalue weighted by Crippen LogP contribution is 2.16. The molecule has 0 aromatic heterocycles. The summed E-state index contributed by atoms with van der Waals surface area (Å²) < 4.78 is 24.3. The Hall–Kier alpha value is -1.44. The summed E-state index contributed by atoms with van der Waals surface area (Å²) >= 11 is 0. The van der Waals surface area contributed by atoms with E-state index in [1.807, 2.05) is 6.07 Å². The van der Waals surface area contributed by atoms with E-state index in [1.165, 1.54) is 6.07 Å². The van der Waals surface area contributed by atoms with Gasteiger partial charge in [0.1, 0.15) is 5.82 Å². The van der Waals surface area contributed by atoms with Crippen LogP contribution in [0.15, 0.2) is 18.2 Å². The Morgan fingerprint density at radius 1 is 1.39 bits per heavy atom. The van der Waals surface area contributed by atoms with E-state index in [9.17, 15) is 4.39 Å². The molecule has 0 amide bonds. The van der Waals surface area contributed by atoms with Gasteiger partial charge < -0.3 is 9.47 Å². The molecule has 4 heteroatoms. The Kier molecular flexibility index (Phi) is 4.68. The molecule has 1 fully saturated rings. The second-order valence-electron chi connectivity index (χ2n) is 4.49. The van der Waals surface area contributed by atoms with Crippen LogP contribution in [0.3, 0.4) is 0 Å². The van der Waals surface area contributed by atoms with Crippen LogP contribution in [0, 0.1) is 23.1 Å². The zero-order valence-electron chi connectivity index (χ0n) is 10.2. The molecular weight excluding hydrogens is 233 g/mol. The number of ether oxygens (including phenoxy) is 2. The van der Waals surface area contributed by atoms with E-state index >= 15 is 0 Å². The normalized spacial score (nSPS) is 16.4. The van der Waals surface area contributed by atoms with Gasteiger partial charge in [0, 0.05) is 18.8 Å². The van der Waals surface area contributed by atoms with E-state index in [0.29, 0.717) is 23.7 Å². The van der Waals surface area contributed by atoms with Gasteiger partial charge in [0.25, 0.3) is 0 Å². The van der Waals surface area contributed by atoms with Crippen LogP contribution in [0.5, 0.6) is 0 Å². The van der Waals surface area contributed by atoms with Crippen LogP contribution in [-0.2, 0) is 16.1 Å². The van der Waals surface area contributed by atoms with E-state index in [0.717, 1.165) is 26.1 Å². The number of benzene rings is 1. The summed E-state index contributed by atoms with van der Waals surface area (Å²) in [4.78, 5) is 0. The summed E-state index contributed by atoms with van der Waals surface area (Å²) in [5.74, 6) is 0.140. The van der Waals surface area contributed by atoms with Gasteiger partial charge in [-0.15, -0.1) is 0 Å². The van der Waals surface area contributed by atoms with E-state index in [4.69, 9.17) is 14.7 Å². The Bertz CT molecular complexity index is 436. The van der Waals surface area contributed by atoms with Crippen molar-refractivity contribution >= 4 is 0 Å². The third-order valence-electron chi connectivity index (χ3n) is 3.13. The maximum absolute atomic E-state index is 13.6. The maximum atomic E-state index is 13.6. The third-order valence-corrected chi connectivity index (χ3v) is 3.13. The lowest BCUT2D eigenvalue weighted by atomic mass is 10.0. The van der Waals surface area contributed by atoms with Crippen LogP contribution >= 0.6 is 0 Å². The average molecular weight is 249 g/mol. The lowest BCUT2D eigenvalue weighted by Gasteiger charge is -2.21. The molecule has 1 aliphatic rings. The lowest BCUT2D eigenvalue weighted by molar-refractivity contribution is 0.0151. The SMILES string of the molecule is N#Cc1ccc(COCC2CCOCC2)c(F)c1. The Morgan fingerprint density at radius 3 is 2.83 bits per heavy atom. The molecule has 0 radical (unpaired) electrons. The summed E-state index contributed by atoms with van der Waals surface area (Å²) in [6, 6.07) is 6.37. The molecular formula is C14H16FNO2. The van der Waals surface area contributed by atoms with Gasteiger partial charge in [0.15, 0.2) is 0 Å². The highest BCUT2D eigenvalue weighted by Gasteiger charge is 2.14. The van der Waals surface area contributed by atoms with Gasteiger partial charge in [-0.3, -0.25) is 0 Å². The number of hydrogen-bond donors (Lipinski definition) is 0. The van der Waals surface area contributed by atoms with Crippen molar-refractivity contribution in [3.63, 3.8) is 0 Å². The van der Waals surface area contributed by atoms with Crippen molar-refractivity contribution in [1.82, 2.24) is 0 Å². The molecule has 1 aromatic carbocycles. The van der Waals surface area contributed by atoms with Crippen molar-refractivity contribution < 1.29 is 13.9 Å². The molecule has 0 unspecified atom stereocenters. The van der Waals surface area contributed by atoms with Crippen molar-refractivity contribution in [2.75, 3.05) is 19.8 Å². The van der Waals surface area contributed by atoms with Gasteiger partial charge in [-0.1, -0.05) is 6.07 Å². The molecule has 18 heavy (non-hydrogen) atoms. The third kappa shape index (κ3) is 3.52. The minimum absolute atomic E-state index is 0.259. The van der Waals surface area contributed by atoms with Crippen molar-refractivity contribution in [2.24, 2.45) is 5.92 Å². The molecule has 1 saturated heterocycles. The first-order chi connectivity index (χ1) is 8.79. The van der Waals surface area contributed by atoms with Gasteiger partial charge in [-0.2, -0.15) is 5.26 Å². The quantitative estimate of drug-likeness (QED) is 0.823. The minimum Gasteiger partial charge on any atom is -0.381 e. The van der Waals surface area contributed by atoms with Gasteiger partial charge >= 0.3 is 0 Å². The zero-order valence-corrected chi connectivity index (χ0v) is 10.2. The molecule has 0 bridgehead atoms. The first kappa shape index (κ1) is 13.0. The second-order valence-corrected chi connectivity index (χ2v) is 4.49. The van der Waals surface area contributed by atoms with Gasteiger partial charge in [0.2, 0.25) is 0 Å². The topological polar surface area (TPSA) is 42.2 Å². The van der Waals surface area contributed by atoms with Crippen molar-refractivity contribution in [3.8, 4) is 6.07 Å². The van der Waals surface area contributed by atoms with Crippen molar-refractivity contribution in [2.45, 2.75) is 19.4 Å². The van der Waals surface area contributed by atoms with Gasteiger partial charge in [-0.25, -0.2) is 4.39 Å². The Morgan fingerprint density at radius 2 is 2.17 bits per heavy atom. The standard InChI is InChI=1S/C14H16FNO2/c15-14-7-12(8-16)1-2-13(14)10-18-9-11-3-5-17-6-4-11/h1-2,7,11H,3-6,9-10H2. The summed E-state index contributed by atoms with van der Waals surface area (Å²) in [7, 11) is 0. The number of nitrogens with zero attached hydrogens (tertiary/aromatic N) is 1. The molecule has 1 heterocycles. The highest BCUT2D eigenvalue weighted by molar-refractivity contribution is 5.32. The van der Waals surface area contributed by atoms with Crippen LogP contribution in [0.4, 0.5) is 4.39 Å². The van der Waals surface area contributed by atoms with Crippen LogP contribution in [-0.4, -0.2) is 19.8 Å². The fourth-order valence-electron chi connectivity index (χ4n) is 1.98. The fraction of sp³-hybridized carbons (Fsp3) is 0.500. The smallest absolute Gasteiger partial charge is 0.130 e. The number of halogens is 1. The number of nitriles is 1. The van der Waals surface area contributed by atoms with Crippen LogP contribution < -0.4 is 0 Å². The fourth-order valence-corrected chi connectivity index (χ4v) is 1.98. The predicted molar refractivity (Wildman–Crippen MR) is 64.3 cm³/mol. The summed E-state index contributed by atoms with van der Waals surface area (Å²) in [5, 5.41) is 8.64. The molecule has 0 aliphatic carbocycles. The molecule has 0 atom stereocenters. The molecule has 1 aromatic rings. The lowest BCUT2D eigenvalue weighted by Crippen LogP contribution is -2.20. The zero-order chi connectivity index (χ0) is 12.8. The highest BCUT2D eigenvalue weighted by atomic mass is 19.1. The summed E-state index contributed by atoms with van der Waals surface area (Å²) in [6.45, 7) is 2.48. The van der Waals surface area contributed by atoms with Crippen molar-refractivity contribution in [3.05, 3.63) is 35.1 Å². The molecule has 0 N–H and O–H groups in total. The first-order valence-corrected chi connectivity index (χ1v) is 6.13. The van der Waals surface area contributed by atoms with E-state index in [1.54, 1.807) is 12.1 Å². The Balaban J connectivity index is 1.81. The van der Waals surface area contributed by atoms with E-state index < -0.39 is 0 Å². The van der Waals surface area contributed by atoms with Crippen LogP contribution in [0.2, 0.25) is 0 Å². The van der Waals surface area contributed by atoms with Gasteiger partial charge in [0.05, 0.1) is 24.8 Å². The average Bonchev–Trinajstić information content (AvgIpc) is 2.42. The molecule has 96 valence electrons. The van der Waals surface area contributed by atoms with E-state index in [-0.39, 0.29) is 12.4 Å². The summed E-state index contributed by atoms with van der Waals surface area (Å²) in [5.41, 5.74) is 0.835. The molecule has 2 rings (SSSR count). The van der Waals surface area contributed by atoms with Crippen LogP contribution in [0.1, 0.15) is 24.0 Å². The Labute approximate surface area is 106 Å². The number of rotatable bonds is 4. The number of hydrogen-bond acceptors (Lipinski definition) is 3. The summed E-state index contributed by atoms with van der Waals surface area (Å²) in [6.07, 6.45) is 2.02. The largest absolute Gasteiger partial charge is 0.381 e. The maximum Gasteiger partial charge on any atom is 0.130 e. The first-order valence-electron chi connectivity index (χ1n) is 6.13. The molecule has 3 nitrogen and oxygen atoms in total. The second kappa shape index (κ2) is 6.48. The minimum atomic E-state index is -0.374. The molecule has 0 saturated carbocycles. The monoisotopic (exact) mass is 249 g/mol. The van der Waals surface area contributed by atoms with Gasteiger partial charge in [-0.05, 0) is 30.9 Å². The van der Waals surface area contributed by atoms with Crippen LogP contribution in [0.25, 0.3) is 0 Å².